The largest absolute Gasteiger partial charge is 0.481 e. The van der Waals surface area contributed by atoms with E-state index in [2.05, 4.69) is 9.97 Å². The predicted molar refractivity (Wildman–Crippen MR) is 50.4 cm³/mol. The first-order chi connectivity index (χ1) is 7.02. The van der Waals surface area contributed by atoms with Crippen LogP contribution in [0.3, 0.4) is 0 Å². The highest BCUT2D eigenvalue weighted by Gasteiger charge is 2.27. The summed E-state index contributed by atoms with van der Waals surface area (Å²) in [6.45, 7) is 1.47. The Kier molecular flexibility index (Phi) is 3.43. The molecule has 0 radical (unpaired) electrons. The van der Waals surface area contributed by atoms with Gasteiger partial charge in [-0.2, -0.15) is 0 Å². The van der Waals surface area contributed by atoms with Crippen LogP contribution in [0, 0.1) is 5.92 Å². The van der Waals surface area contributed by atoms with Gasteiger partial charge in [0.1, 0.15) is 11.7 Å². The van der Waals surface area contributed by atoms with Crippen molar-refractivity contribution < 1.29 is 19.8 Å². The maximum Gasteiger partial charge on any atom is 0.314 e. The first kappa shape index (κ1) is 11.2. The van der Waals surface area contributed by atoms with Crippen molar-refractivity contribution in [3.05, 3.63) is 18.2 Å². The lowest BCUT2D eigenvalue weighted by molar-refractivity contribution is -0.143. The molecule has 0 aliphatic heterocycles. The van der Waals surface area contributed by atoms with Gasteiger partial charge in [0.15, 0.2) is 0 Å². The zero-order chi connectivity index (χ0) is 11.4. The molecule has 6 heteroatoms. The molecule has 82 valence electrons. The van der Waals surface area contributed by atoms with Crippen LogP contribution in [0.25, 0.3) is 0 Å². The highest BCUT2D eigenvalue weighted by Crippen LogP contribution is 2.21. The number of H-pyrrole nitrogens is 1. The number of rotatable bonds is 5. The lowest BCUT2D eigenvalue weighted by Gasteiger charge is -2.12. The monoisotopic (exact) mass is 212 g/mol. The number of aliphatic carboxylic acids is 2. The lowest BCUT2D eigenvalue weighted by atomic mass is 9.95. The van der Waals surface area contributed by atoms with E-state index in [4.69, 9.17) is 10.2 Å². The maximum atomic E-state index is 10.9. The van der Waals surface area contributed by atoms with Crippen LogP contribution >= 0.6 is 0 Å². The minimum Gasteiger partial charge on any atom is -0.481 e. The average Bonchev–Trinajstić information content (AvgIpc) is 2.65. The van der Waals surface area contributed by atoms with E-state index in [9.17, 15) is 9.59 Å². The number of carboxylic acids is 2. The van der Waals surface area contributed by atoms with Gasteiger partial charge in [-0.15, -0.1) is 0 Å². The van der Waals surface area contributed by atoms with Gasteiger partial charge in [-0.3, -0.25) is 9.59 Å². The van der Waals surface area contributed by atoms with Crippen molar-refractivity contribution in [3.63, 3.8) is 0 Å². The van der Waals surface area contributed by atoms with Crippen molar-refractivity contribution in [2.75, 3.05) is 0 Å². The molecule has 0 saturated heterocycles. The van der Waals surface area contributed by atoms with E-state index in [-0.39, 0.29) is 12.2 Å². The summed E-state index contributed by atoms with van der Waals surface area (Å²) in [5, 5.41) is 17.6. The number of hydrogen-bond acceptors (Lipinski definition) is 3. The SMILES string of the molecule is CC(CC(C(=O)O)c1ncc[nH]1)C(=O)O. The van der Waals surface area contributed by atoms with E-state index in [0.717, 1.165) is 0 Å². The molecule has 0 saturated carbocycles. The van der Waals surface area contributed by atoms with E-state index < -0.39 is 23.8 Å². The molecule has 0 amide bonds. The summed E-state index contributed by atoms with van der Waals surface area (Å²) in [6.07, 6.45) is 2.98. The fourth-order valence-electron chi connectivity index (χ4n) is 1.25. The van der Waals surface area contributed by atoms with Gasteiger partial charge < -0.3 is 15.2 Å². The molecule has 6 nitrogen and oxygen atoms in total. The molecule has 1 aromatic heterocycles. The molecule has 1 heterocycles. The molecule has 3 N–H and O–H groups in total. The molecule has 0 aliphatic rings. The number of aromatic amines is 1. The third-order valence-corrected chi connectivity index (χ3v) is 2.16. The average molecular weight is 212 g/mol. The van der Waals surface area contributed by atoms with Crippen LogP contribution in [0.15, 0.2) is 12.4 Å². The Morgan fingerprint density at radius 1 is 1.47 bits per heavy atom. The summed E-state index contributed by atoms with van der Waals surface area (Å²) in [4.78, 5) is 28.0. The Morgan fingerprint density at radius 2 is 2.13 bits per heavy atom. The van der Waals surface area contributed by atoms with Crippen LogP contribution in [0.5, 0.6) is 0 Å². The smallest absolute Gasteiger partial charge is 0.314 e. The van der Waals surface area contributed by atoms with Crippen LogP contribution in [-0.2, 0) is 9.59 Å². The van der Waals surface area contributed by atoms with Gasteiger partial charge in [0.2, 0.25) is 0 Å². The number of nitrogens with zero attached hydrogens (tertiary/aromatic N) is 1. The van der Waals surface area contributed by atoms with Gasteiger partial charge in [-0.1, -0.05) is 6.92 Å². The maximum absolute atomic E-state index is 10.9. The predicted octanol–water partition coefficient (Wildman–Crippen LogP) is 0.689. The fraction of sp³-hybridized carbons (Fsp3) is 0.444. The normalized spacial score (nSPS) is 14.5. The first-order valence-electron chi connectivity index (χ1n) is 4.47. The van der Waals surface area contributed by atoms with Crippen molar-refractivity contribution in [2.45, 2.75) is 19.3 Å². The van der Waals surface area contributed by atoms with Crippen LogP contribution < -0.4 is 0 Å². The summed E-state index contributed by atoms with van der Waals surface area (Å²) in [5.74, 6) is -3.40. The molecule has 0 aromatic carbocycles. The zero-order valence-electron chi connectivity index (χ0n) is 8.17. The molecular formula is C9H12N2O4. The second-order valence-corrected chi connectivity index (χ2v) is 3.34. The van der Waals surface area contributed by atoms with Crippen LogP contribution in [0.1, 0.15) is 25.1 Å². The van der Waals surface area contributed by atoms with Crippen LogP contribution in [-0.4, -0.2) is 32.1 Å². The lowest BCUT2D eigenvalue weighted by Crippen LogP contribution is -2.20. The molecule has 0 bridgehead atoms. The number of carbonyl (C=O) groups is 2. The summed E-state index contributed by atoms with van der Waals surface area (Å²) in [5.41, 5.74) is 0. The minimum absolute atomic E-state index is 0.0260. The third-order valence-electron chi connectivity index (χ3n) is 2.16. The van der Waals surface area contributed by atoms with E-state index in [0.29, 0.717) is 0 Å². The Morgan fingerprint density at radius 3 is 2.53 bits per heavy atom. The van der Waals surface area contributed by atoms with E-state index in [1.807, 2.05) is 0 Å². The van der Waals surface area contributed by atoms with E-state index >= 15 is 0 Å². The van der Waals surface area contributed by atoms with Crippen molar-refractivity contribution in [1.29, 1.82) is 0 Å². The van der Waals surface area contributed by atoms with Gasteiger partial charge in [0.25, 0.3) is 0 Å². The van der Waals surface area contributed by atoms with Crippen LogP contribution in [0.2, 0.25) is 0 Å². The van der Waals surface area contributed by atoms with E-state index in [1.54, 1.807) is 0 Å². The Hall–Kier alpha value is -1.85. The molecular weight excluding hydrogens is 200 g/mol. The highest BCUT2D eigenvalue weighted by atomic mass is 16.4. The molecule has 2 atom stereocenters. The van der Waals surface area contributed by atoms with Gasteiger partial charge >= 0.3 is 11.9 Å². The summed E-state index contributed by atoms with van der Waals surface area (Å²) in [7, 11) is 0. The fourth-order valence-corrected chi connectivity index (χ4v) is 1.25. The Balaban J connectivity index is 2.77. The molecule has 0 fully saturated rings. The number of aromatic nitrogens is 2. The van der Waals surface area contributed by atoms with Crippen molar-refractivity contribution in [1.82, 2.24) is 9.97 Å². The number of imidazole rings is 1. The first-order valence-corrected chi connectivity index (χ1v) is 4.47. The number of hydrogen-bond donors (Lipinski definition) is 3. The molecule has 0 spiro atoms. The standard InChI is InChI=1S/C9H12N2O4/c1-5(8(12)13)4-6(9(14)15)7-10-2-3-11-7/h2-3,5-6H,4H2,1H3,(H,10,11)(H,12,13)(H,14,15). The number of carboxylic acid groups (broad SMARTS) is 2. The highest BCUT2D eigenvalue weighted by molar-refractivity contribution is 5.76. The molecule has 2 unspecified atom stereocenters. The van der Waals surface area contributed by atoms with E-state index in [1.165, 1.54) is 19.3 Å². The van der Waals surface area contributed by atoms with Gasteiger partial charge in [-0.25, -0.2) is 4.98 Å². The Bertz CT molecular complexity index is 347. The van der Waals surface area contributed by atoms with Gasteiger partial charge in [0.05, 0.1) is 5.92 Å². The second-order valence-electron chi connectivity index (χ2n) is 3.34. The Labute approximate surface area is 86.0 Å². The summed E-state index contributed by atoms with van der Waals surface area (Å²) >= 11 is 0. The topological polar surface area (TPSA) is 103 Å². The molecule has 1 aromatic rings. The van der Waals surface area contributed by atoms with Gasteiger partial charge in [0, 0.05) is 12.4 Å². The zero-order valence-corrected chi connectivity index (χ0v) is 8.17. The molecule has 0 aliphatic carbocycles. The van der Waals surface area contributed by atoms with Crippen molar-refractivity contribution in [3.8, 4) is 0 Å². The van der Waals surface area contributed by atoms with Gasteiger partial charge in [-0.05, 0) is 6.42 Å². The molecule has 1 rings (SSSR count). The summed E-state index contributed by atoms with van der Waals surface area (Å²) < 4.78 is 0. The van der Waals surface area contributed by atoms with Crippen molar-refractivity contribution in [2.24, 2.45) is 5.92 Å². The summed E-state index contributed by atoms with van der Waals surface area (Å²) in [6, 6.07) is 0. The number of nitrogens with one attached hydrogen (secondary N) is 1. The van der Waals surface area contributed by atoms with Crippen molar-refractivity contribution >= 4 is 11.9 Å². The third kappa shape index (κ3) is 2.80. The quantitative estimate of drug-likeness (QED) is 0.666. The van der Waals surface area contributed by atoms with Crippen LogP contribution in [0.4, 0.5) is 0 Å². The molecule has 15 heavy (non-hydrogen) atoms. The minimum atomic E-state index is -1.07. The second kappa shape index (κ2) is 4.59.